The Labute approximate surface area is 122 Å². The molecule has 0 saturated heterocycles. The molecule has 0 fully saturated rings. The van der Waals surface area contributed by atoms with Gasteiger partial charge in [-0.2, -0.15) is 0 Å². The van der Waals surface area contributed by atoms with Gasteiger partial charge in [0.25, 0.3) is 5.91 Å². The van der Waals surface area contributed by atoms with Crippen LogP contribution in [0.5, 0.6) is 11.5 Å². The van der Waals surface area contributed by atoms with Gasteiger partial charge in [0.1, 0.15) is 13.2 Å². The molecule has 0 bridgehead atoms. The zero-order chi connectivity index (χ0) is 14.8. The molecule has 0 unspecified atom stereocenters. The van der Waals surface area contributed by atoms with Crippen molar-refractivity contribution in [3.05, 3.63) is 22.7 Å². The monoisotopic (exact) mass is 299 g/mol. The molecule has 0 spiro atoms. The van der Waals surface area contributed by atoms with E-state index in [0.29, 0.717) is 41.8 Å². The van der Waals surface area contributed by atoms with E-state index in [4.69, 9.17) is 21.1 Å². The second-order valence-electron chi connectivity index (χ2n) is 5.49. The molecule has 1 aliphatic heterocycles. The third kappa shape index (κ3) is 3.35. The number of aliphatic hydroxyl groups is 1. The van der Waals surface area contributed by atoms with Gasteiger partial charge in [0, 0.05) is 24.1 Å². The van der Waals surface area contributed by atoms with E-state index in [1.807, 2.05) is 13.8 Å². The lowest BCUT2D eigenvalue weighted by molar-refractivity contribution is 0.0910. The smallest absolute Gasteiger partial charge is 0.251 e. The van der Waals surface area contributed by atoms with Crippen molar-refractivity contribution >= 4 is 17.5 Å². The summed E-state index contributed by atoms with van der Waals surface area (Å²) in [5.41, 5.74) is 0.0424. The van der Waals surface area contributed by atoms with Gasteiger partial charge in [-0.05, 0) is 12.1 Å². The number of fused-ring (bicyclic) bond motifs is 1. The molecule has 2 N–H and O–H groups in total. The lowest BCUT2D eigenvalue weighted by atomic mass is 9.95. The summed E-state index contributed by atoms with van der Waals surface area (Å²) in [5, 5.41) is 12.3. The highest BCUT2D eigenvalue weighted by Gasteiger charge is 2.21. The summed E-state index contributed by atoms with van der Waals surface area (Å²) in [6, 6.07) is 3.16. The minimum atomic E-state index is -0.368. The largest absolute Gasteiger partial charge is 0.486 e. The maximum Gasteiger partial charge on any atom is 0.251 e. The zero-order valence-electron chi connectivity index (χ0n) is 11.5. The summed E-state index contributed by atoms with van der Waals surface area (Å²) in [6.45, 7) is 4.98. The van der Waals surface area contributed by atoms with Crippen LogP contribution in [0.15, 0.2) is 12.1 Å². The highest BCUT2D eigenvalue weighted by molar-refractivity contribution is 6.32. The fourth-order valence-electron chi connectivity index (χ4n) is 1.72. The van der Waals surface area contributed by atoms with E-state index in [2.05, 4.69) is 5.32 Å². The van der Waals surface area contributed by atoms with Crippen LogP contribution in [0.25, 0.3) is 0 Å². The van der Waals surface area contributed by atoms with Gasteiger partial charge in [-0.25, -0.2) is 0 Å². The highest BCUT2D eigenvalue weighted by Crippen LogP contribution is 2.38. The second kappa shape index (κ2) is 5.89. The van der Waals surface area contributed by atoms with Crippen molar-refractivity contribution in [2.24, 2.45) is 5.41 Å². The van der Waals surface area contributed by atoms with Crippen molar-refractivity contribution in [1.29, 1.82) is 0 Å². The van der Waals surface area contributed by atoms with Gasteiger partial charge in [0.15, 0.2) is 11.5 Å². The Balaban J connectivity index is 2.13. The van der Waals surface area contributed by atoms with E-state index >= 15 is 0 Å². The first-order valence-electron chi connectivity index (χ1n) is 6.41. The Hall–Kier alpha value is -1.46. The van der Waals surface area contributed by atoms with Gasteiger partial charge in [0.05, 0.1) is 5.02 Å². The molecule has 1 aromatic carbocycles. The van der Waals surface area contributed by atoms with Crippen LogP contribution in [0.1, 0.15) is 24.2 Å². The Morgan fingerprint density at radius 1 is 1.40 bits per heavy atom. The van der Waals surface area contributed by atoms with Gasteiger partial charge in [-0.1, -0.05) is 25.4 Å². The molecule has 1 aliphatic rings. The van der Waals surface area contributed by atoms with Gasteiger partial charge < -0.3 is 19.9 Å². The molecule has 0 aliphatic carbocycles. The Morgan fingerprint density at radius 3 is 2.80 bits per heavy atom. The van der Waals surface area contributed by atoms with Crippen LogP contribution in [-0.4, -0.2) is 37.4 Å². The molecule has 1 heterocycles. The normalized spacial score (nSPS) is 14.0. The number of benzene rings is 1. The van der Waals surface area contributed by atoms with Gasteiger partial charge in [-0.3, -0.25) is 4.79 Å². The van der Waals surface area contributed by atoms with Crippen LogP contribution in [0.2, 0.25) is 5.02 Å². The predicted octanol–water partition coefficient (Wildman–Crippen LogP) is 1.86. The summed E-state index contributed by atoms with van der Waals surface area (Å²) in [7, 11) is 0. The SMILES string of the molecule is CC(C)(CO)CNC(=O)c1cc(Cl)c2c(c1)OCCO2. The molecule has 0 atom stereocenters. The Kier molecular flexibility index (Phi) is 4.40. The fourth-order valence-corrected chi connectivity index (χ4v) is 1.98. The summed E-state index contributed by atoms with van der Waals surface area (Å²) >= 11 is 6.08. The number of carbonyl (C=O) groups is 1. The van der Waals surface area contributed by atoms with Crippen LogP contribution in [0.4, 0.5) is 0 Å². The van der Waals surface area contributed by atoms with Crippen LogP contribution in [0.3, 0.4) is 0 Å². The van der Waals surface area contributed by atoms with Crippen LogP contribution < -0.4 is 14.8 Å². The standard InChI is InChI=1S/C14H18ClNO4/c1-14(2,8-17)7-16-13(18)9-5-10(15)12-11(6-9)19-3-4-20-12/h5-6,17H,3-4,7-8H2,1-2H3,(H,16,18). The summed E-state index contributed by atoms with van der Waals surface area (Å²) < 4.78 is 10.8. The molecule has 0 aromatic heterocycles. The van der Waals surface area contributed by atoms with E-state index in [1.54, 1.807) is 12.1 Å². The van der Waals surface area contributed by atoms with E-state index in [1.165, 1.54) is 0 Å². The first-order chi connectivity index (χ1) is 9.43. The average molecular weight is 300 g/mol. The van der Waals surface area contributed by atoms with Crippen LogP contribution >= 0.6 is 11.6 Å². The summed E-state index contributed by atoms with van der Waals surface area (Å²) in [4.78, 5) is 12.1. The maximum atomic E-state index is 12.1. The third-order valence-corrected chi connectivity index (χ3v) is 3.30. The van der Waals surface area contributed by atoms with E-state index in [0.717, 1.165) is 0 Å². The number of amides is 1. The zero-order valence-corrected chi connectivity index (χ0v) is 12.3. The van der Waals surface area contributed by atoms with Crippen molar-refractivity contribution in [1.82, 2.24) is 5.32 Å². The Morgan fingerprint density at radius 2 is 2.10 bits per heavy atom. The molecule has 20 heavy (non-hydrogen) atoms. The van der Waals surface area contributed by atoms with Gasteiger partial charge >= 0.3 is 0 Å². The molecule has 2 rings (SSSR count). The summed E-state index contributed by atoms with van der Waals surface area (Å²) in [6.07, 6.45) is 0. The van der Waals surface area contributed by atoms with Crippen molar-refractivity contribution in [3.8, 4) is 11.5 Å². The average Bonchev–Trinajstić information content (AvgIpc) is 2.45. The number of hydrogen-bond donors (Lipinski definition) is 2. The van der Waals surface area contributed by atoms with E-state index < -0.39 is 0 Å². The lowest BCUT2D eigenvalue weighted by Gasteiger charge is -2.23. The number of halogens is 1. The molecule has 110 valence electrons. The molecule has 5 nitrogen and oxygen atoms in total. The van der Waals surface area contributed by atoms with Gasteiger partial charge in [0.2, 0.25) is 0 Å². The minimum Gasteiger partial charge on any atom is -0.486 e. The van der Waals surface area contributed by atoms with Crippen molar-refractivity contribution in [3.63, 3.8) is 0 Å². The number of rotatable bonds is 4. The van der Waals surface area contributed by atoms with E-state index in [9.17, 15) is 9.90 Å². The molecular weight excluding hydrogens is 282 g/mol. The predicted molar refractivity (Wildman–Crippen MR) is 75.6 cm³/mol. The fraction of sp³-hybridized carbons (Fsp3) is 0.500. The van der Waals surface area contributed by atoms with Crippen LogP contribution in [-0.2, 0) is 0 Å². The number of ether oxygens (including phenoxy) is 2. The van der Waals surface area contributed by atoms with Crippen LogP contribution in [0, 0.1) is 5.41 Å². The van der Waals surface area contributed by atoms with Crippen molar-refractivity contribution in [2.45, 2.75) is 13.8 Å². The minimum absolute atomic E-state index is 0.00479. The Bertz CT molecular complexity index is 516. The molecule has 0 saturated carbocycles. The molecule has 1 amide bonds. The number of hydrogen-bond acceptors (Lipinski definition) is 4. The second-order valence-corrected chi connectivity index (χ2v) is 5.89. The molecule has 1 aromatic rings. The first kappa shape index (κ1) is 14.9. The highest BCUT2D eigenvalue weighted by atomic mass is 35.5. The van der Waals surface area contributed by atoms with E-state index in [-0.39, 0.29) is 17.9 Å². The summed E-state index contributed by atoms with van der Waals surface area (Å²) in [5.74, 6) is 0.700. The molecule has 0 radical (unpaired) electrons. The number of aliphatic hydroxyl groups excluding tert-OH is 1. The van der Waals surface area contributed by atoms with Crippen molar-refractivity contribution in [2.75, 3.05) is 26.4 Å². The first-order valence-corrected chi connectivity index (χ1v) is 6.79. The number of nitrogens with one attached hydrogen (secondary N) is 1. The quantitative estimate of drug-likeness (QED) is 0.890. The van der Waals surface area contributed by atoms with Gasteiger partial charge in [-0.15, -0.1) is 0 Å². The molecule has 6 heteroatoms. The van der Waals surface area contributed by atoms with Crippen molar-refractivity contribution < 1.29 is 19.4 Å². The third-order valence-electron chi connectivity index (χ3n) is 3.01. The lowest BCUT2D eigenvalue weighted by Crippen LogP contribution is -2.36. The molecular formula is C14H18ClNO4. The topological polar surface area (TPSA) is 67.8 Å². The number of carbonyl (C=O) groups excluding carboxylic acids is 1. The maximum absolute atomic E-state index is 12.1.